The van der Waals surface area contributed by atoms with Crippen LogP contribution in [-0.2, 0) is 16.0 Å². The molecule has 152 valence electrons. The zero-order valence-corrected chi connectivity index (χ0v) is 18.5. The van der Waals surface area contributed by atoms with Gasteiger partial charge in [0.15, 0.2) is 5.96 Å². The maximum atomic E-state index is 5.41. The molecule has 7 nitrogen and oxygen atoms in total. The fourth-order valence-corrected chi connectivity index (χ4v) is 3.21. The number of nitrogens with zero attached hydrogens (tertiary/aromatic N) is 3. The van der Waals surface area contributed by atoms with Crippen molar-refractivity contribution in [3.8, 4) is 0 Å². The molecule has 2 saturated heterocycles. The van der Waals surface area contributed by atoms with Crippen molar-refractivity contribution in [3.05, 3.63) is 29.8 Å². The van der Waals surface area contributed by atoms with E-state index in [9.17, 15) is 0 Å². The van der Waals surface area contributed by atoms with Crippen LogP contribution in [0.1, 0.15) is 5.56 Å². The predicted molar refractivity (Wildman–Crippen MR) is 120 cm³/mol. The van der Waals surface area contributed by atoms with Crippen LogP contribution < -0.4 is 15.5 Å². The Balaban J connectivity index is 0.00000261. The zero-order valence-electron chi connectivity index (χ0n) is 16.2. The lowest BCUT2D eigenvalue weighted by atomic mass is 10.2. The number of ether oxygens (including phenoxy) is 2. The maximum Gasteiger partial charge on any atom is 0.191 e. The van der Waals surface area contributed by atoms with Gasteiger partial charge in [0, 0.05) is 58.5 Å². The molecule has 0 atom stereocenters. The van der Waals surface area contributed by atoms with Crippen molar-refractivity contribution in [3.63, 3.8) is 0 Å². The number of morpholine rings is 2. The minimum absolute atomic E-state index is 0. The van der Waals surface area contributed by atoms with Gasteiger partial charge in [-0.05, 0) is 17.7 Å². The third-order valence-electron chi connectivity index (χ3n) is 4.82. The lowest BCUT2D eigenvalue weighted by Gasteiger charge is -2.29. The summed E-state index contributed by atoms with van der Waals surface area (Å²) in [5.74, 6) is 0.843. The molecule has 1 aromatic rings. The van der Waals surface area contributed by atoms with Crippen molar-refractivity contribution in [2.24, 2.45) is 4.99 Å². The molecule has 2 fully saturated rings. The molecule has 2 aliphatic rings. The Labute approximate surface area is 179 Å². The van der Waals surface area contributed by atoms with E-state index in [4.69, 9.17) is 9.47 Å². The molecule has 2 N–H and O–H groups in total. The van der Waals surface area contributed by atoms with Crippen LogP contribution in [0.5, 0.6) is 0 Å². The van der Waals surface area contributed by atoms with Crippen LogP contribution in [0, 0.1) is 0 Å². The van der Waals surface area contributed by atoms with Crippen LogP contribution in [0.25, 0.3) is 0 Å². The molecule has 0 aromatic heterocycles. The van der Waals surface area contributed by atoms with Gasteiger partial charge in [0.25, 0.3) is 0 Å². The minimum Gasteiger partial charge on any atom is -0.379 e. The SMILES string of the molecule is CN=C(NCCN1CCOCC1)NCc1ccc(N2CCOCC2)cc1.I. The summed E-state index contributed by atoms with van der Waals surface area (Å²) in [6.45, 7) is 9.95. The first-order valence-corrected chi connectivity index (χ1v) is 9.51. The topological polar surface area (TPSA) is 61.4 Å². The van der Waals surface area contributed by atoms with Gasteiger partial charge < -0.3 is 25.0 Å². The number of nitrogens with one attached hydrogen (secondary N) is 2. The van der Waals surface area contributed by atoms with Crippen molar-refractivity contribution in [2.45, 2.75) is 6.54 Å². The summed E-state index contributed by atoms with van der Waals surface area (Å²) in [6.07, 6.45) is 0. The Kier molecular flexibility index (Phi) is 10.2. The van der Waals surface area contributed by atoms with E-state index < -0.39 is 0 Å². The van der Waals surface area contributed by atoms with Gasteiger partial charge in [0.05, 0.1) is 26.4 Å². The summed E-state index contributed by atoms with van der Waals surface area (Å²) >= 11 is 0. The van der Waals surface area contributed by atoms with E-state index in [1.807, 2.05) is 7.05 Å². The molecule has 3 rings (SSSR count). The Bertz CT molecular complexity index is 558. The van der Waals surface area contributed by atoms with Crippen LogP contribution in [-0.4, -0.2) is 83.6 Å². The predicted octanol–water partition coefficient (Wildman–Crippen LogP) is 1.14. The quantitative estimate of drug-likeness (QED) is 0.355. The van der Waals surface area contributed by atoms with Gasteiger partial charge in [0.1, 0.15) is 0 Å². The average Bonchev–Trinajstić information content (AvgIpc) is 2.72. The Morgan fingerprint density at radius 1 is 0.963 bits per heavy atom. The molecular formula is C19H32IN5O2. The molecular weight excluding hydrogens is 457 g/mol. The molecule has 0 aliphatic carbocycles. The molecule has 2 heterocycles. The Hall–Kier alpha value is -1.10. The zero-order chi connectivity index (χ0) is 18.0. The highest BCUT2D eigenvalue weighted by Gasteiger charge is 2.11. The summed E-state index contributed by atoms with van der Waals surface area (Å²) < 4.78 is 10.8. The minimum atomic E-state index is 0. The normalized spacial score (nSPS) is 18.7. The molecule has 2 aliphatic heterocycles. The molecule has 8 heteroatoms. The van der Waals surface area contributed by atoms with Crippen molar-refractivity contribution < 1.29 is 9.47 Å². The van der Waals surface area contributed by atoms with Crippen molar-refractivity contribution in [1.29, 1.82) is 0 Å². The molecule has 0 spiro atoms. The second-order valence-electron chi connectivity index (χ2n) is 6.57. The first-order chi connectivity index (χ1) is 12.8. The van der Waals surface area contributed by atoms with Gasteiger partial charge in [-0.25, -0.2) is 0 Å². The second kappa shape index (κ2) is 12.4. The number of rotatable bonds is 6. The van der Waals surface area contributed by atoms with E-state index in [2.05, 4.69) is 49.7 Å². The fourth-order valence-electron chi connectivity index (χ4n) is 3.21. The molecule has 0 unspecified atom stereocenters. The number of guanidine groups is 1. The maximum absolute atomic E-state index is 5.41. The smallest absolute Gasteiger partial charge is 0.191 e. The van der Waals surface area contributed by atoms with Crippen LogP contribution in [0.2, 0.25) is 0 Å². The number of hydrogen-bond acceptors (Lipinski definition) is 5. The number of aliphatic imine (C=N–C) groups is 1. The van der Waals surface area contributed by atoms with Gasteiger partial charge in [-0.15, -0.1) is 24.0 Å². The van der Waals surface area contributed by atoms with Crippen LogP contribution in [0.15, 0.2) is 29.3 Å². The van der Waals surface area contributed by atoms with E-state index in [0.29, 0.717) is 0 Å². The van der Waals surface area contributed by atoms with E-state index in [1.54, 1.807) is 0 Å². The first-order valence-electron chi connectivity index (χ1n) is 9.51. The first kappa shape index (κ1) is 22.2. The summed E-state index contributed by atoms with van der Waals surface area (Å²) in [4.78, 5) is 9.08. The van der Waals surface area contributed by atoms with Gasteiger partial charge in [-0.3, -0.25) is 9.89 Å². The summed E-state index contributed by atoms with van der Waals surface area (Å²) in [6, 6.07) is 8.74. The van der Waals surface area contributed by atoms with Crippen LogP contribution in [0.4, 0.5) is 5.69 Å². The highest BCUT2D eigenvalue weighted by Crippen LogP contribution is 2.16. The van der Waals surface area contributed by atoms with Gasteiger partial charge >= 0.3 is 0 Å². The average molecular weight is 489 g/mol. The molecule has 0 amide bonds. The summed E-state index contributed by atoms with van der Waals surface area (Å²) in [5.41, 5.74) is 2.52. The highest BCUT2D eigenvalue weighted by atomic mass is 127. The van der Waals surface area contributed by atoms with E-state index in [0.717, 1.165) is 78.2 Å². The second-order valence-corrected chi connectivity index (χ2v) is 6.57. The Morgan fingerprint density at radius 2 is 1.59 bits per heavy atom. The number of hydrogen-bond donors (Lipinski definition) is 2. The molecule has 1 aromatic carbocycles. The van der Waals surface area contributed by atoms with Gasteiger partial charge in [0.2, 0.25) is 0 Å². The van der Waals surface area contributed by atoms with E-state index in [1.165, 1.54) is 11.3 Å². The fraction of sp³-hybridized carbons (Fsp3) is 0.632. The summed E-state index contributed by atoms with van der Waals surface area (Å²) in [7, 11) is 1.81. The number of anilines is 1. The van der Waals surface area contributed by atoms with Gasteiger partial charge in [-0.2, -0.15) is 0 Å². The number of benzene rings is 1. The molecule has 27 heavy (non-hydrogen) atoms. The van der Waals surface area contributed by atoms with Crippen LogP contribution in [0.3, 0.4) is 0 Å². The molecule has 0 bridgehead atoms. The van der Waals surface area contributed by atoms with E-state index in [-0.39, 0.29) is 24.0 Å². The largest absolute Gasteiger partial charge is 0.379 e. The highest BCUT2D eigenvalue weighted by molar-refractivity contribution is 14.0. The lowest BCUT2D eigenvalue weighted by molar-refractivity contribution is 0.0389. The van der Waals surface area contributed by atoms with Crippen molar-refractivity contribution >= 4 is 35.6 Å². The monoisotopic (exact) mass is 489 g/mol. The van der Waals surface area contributed by atoms with E-state index >= 15 is 0 Å². The van der Waals surface area contributed by atoms with Crippen LogP contribution >= 0.6 is 24.0 Å². The third kappa shape index (κ3) is 7.44. The standard InChI is InChI=1S/C19H31N5O2.HI/c1-20-19(21-6-7-23-8-12-25-13-9-23)22-16-17-2-4-18(5-3-17)24-10-14-26-15-11-24;/h2-5H,6-16H2,1H3,(H2,20,21,22);1H. The van der Waals surface area contributed by atoms with Crippen molar-refractivity contribution in [1.82, 2.24) is 15.5 Å². The molecule has 0 radical (unpaired) electrons. The summed E-state index contributed by atoms with van der Waals surface area (Å²) in [5, 5.41) is 6.77. The third-order valence-corrected chi connectivity index (χ3v) is 4.82. The van der Waals surface area contributed by atoms with Gasteiger partial charge in [-0.1, -0.05) is 12.1 Å². The molecule has 0 saturated carbocycles. The van der Waals surface area contributed by atoms with Crippen molar-refractivity contribution in [2.75, 3.05) is 77.6 Å². The Morgan fingerprint density at radius 3 is 2.22 bits per heavy atom. The number of halogens is 1. The lowest BCUT2D eigenvalue weighted by Crippen LogP contribution is -2.44.